The maximum Gasteiger partial charge on any atom is 0.344 e. The Morgan fingerprint density at radius 2 is 1.96 bits per heavy atom. The Balaban J connectivity index is 1.45. The number of nitrogens with one attached hydrogen (secondary N) is 1. The van der Waals surface area contributed by atoms with Gasteiger partial charge in [0.05, 0.1) is 6.26 Å². The van der Waals surface area contributed by atoms with Crippen molar-refractivity contribution >= 4 is 17.8 Å². The van der Waals surface area contributed by atoms with Gasteiger partial charge in [0, 0.05) is 12.0 Å². The molecule has 27 heavy (non-hydrogen) atoms. The summed E-state index contributed by atoms with van der Waals surface area (Å²) >= 11 is 0. The topological polar surface area (TPSA) is 104 Å². The molecule has 0 saturated heterocycles. The van der Waals surface area contributed by atoms with Crippen LogP contribution in [-0.2, 0) is 20.7 Å². The highest BCUT2D eigenvalue weighted by Crippen LogP contribution is 2.41. The fourth-order valence-corrected chi connectivity index (χ4v) is 2.66. The summed E-state index contributed by atoms with van der Waals surface area (Å²) < 4.78 is 21.0. The molecule has 0 bridgehead atoms. The number of para-hydroxylation sites is 1. The van der Waals surface area contributed by atoms with Crippen LogP contribution >= 0.6 is 0 Å². The smallest absolute Gasteiger partial charge is 0.344 e. The molecule has 2 heterocycles. The Morgan fingerprint density at radius 3 is 2.70 bits per heavy atom. The number of amides is 2. The highest BCUT2D eigenvalue weighted by Gasteiger charge is 2.32. The van der Waals surface area contributed by atoms with Crippen LogP contribution in [0, 0.1) is 0 Å². The van der Waals surface area contributed by atoms with Crippen molar-refractivity contribution < 1.29 is 33.0 Å². The number of ether oxygens (including phenoxy) is 3. The van der Waals surface area contributed by atoms with E-state index in [0.29, 0.717) is 11.5 Å². The molecule has 1 N–H and O–H groups in total. The van der Waals surface area contributed by atoms with E-state index in [1.54, 1.807) is 6.07 Å². The van der Waals surface area contributed by atoms with Gasteiger partial charge in [0.25, 0.3) is 11.8 Å². The van der Waals surface area contributed by atoms with E-state index in [9.17, 15) is 14.4 Å². The Kier molecular flexibility index (Phi) is 5.16. The molecule has 2 aromatic rings. The van der Waals surface area contributed by atoms with Crippen LogP contribution in [-0.4, -0.2) is 36.6 Å². The van der Waals surface area contributed by atoms with Crippen molar-refractivity contribution in [3.8, 4) is 11.5 Å². The van der Waals surface area contributed by atoms with E-state index in [0.717, 1.165) is 12.0 Å². The fraction of sp³-hybridized carbons (Fsp3) is 0.316. The Bertz CT molecular complexity index is 855. The van der Waals surface area contributed by atoms with E-state index < -0.39 is 24.4 Å². The molecule has 1 aliphatic rings. The van der Waals surface area contributed by atoms with Crippen LogP contribution in [0.3, 0.4) is 0 Å². The average molecular weight is 373 g/mol. The molecule has 1 aliphatic heterocycles. The van der Waals surface area contributed by atoms with Crippen molar-refractivity contribution in [2.24, 2.45) is 0 Å². The summed E-state index contributed by atoms with van der Waals surface area (Å²) in [7, 11) is 0. The maximum absolute atomic E-state index is 11.8. The summed E-state index contributed by atoms with van der Waals surface area (Å²) in [6.07, 6.45) is 2.05. The lowest BCUT2D eigenvalue weighted by Gasteiger charge is -2.18. The van der Waals surface area contributed by atoms with E-state index in [1.807, 2.05) is 31.3 Å². The third kappa shape index (κ3) is 4.66. The van der Waals surface area contributed by atoms with Crippen LogP contribution in [0.5, 0.6) is 11.5 Å². The van der Waals surface area contributed by atoms with Gasteiger partial charge in [-0.2, -0.15) is 0 Å². The van der Waals surface area contributed by atoms with Gasteiger partial charge in [-0.15, -0.1) is 0 Å². The summed E-state index contributed by atoms with van der Waals surface area (Å²) in [5.74, 6) is -1.19. The lowest BCUT2D eigenvalue weighted by molar-refractivity contribution is -0.150. The highest BCUT2D eigenvalue weighted by atomic mass is 16.6. The largest absolute Gasteiger partial charge is 0.483 e. The number of imide groups is 1. The van der Waals surface area contributed by atoms with Gasteiger partial charge < -0.3 is 18.6 Å². The van der Waals surface area contributed by atoms with Gasteiger partial charge in [-0.1, -0.05) is 12.1 Å². The zero-order chi connectivity index (χ0) is 19.4. The number of carbonyl (C=O) groups excluding carboxylic acids is 3. The number of hydrogen-bond acceptors (Lipinski definition) is 7. The molecule has 1 aromatic carbocycles. The minimum atomic E-state index is -0.768. The quantitative estimate of drug-likeness (QED) is 0.771. The normalized spacial score (nSPS) is 14.0. The predicted octanol–water partition coefficient (Wildman–Crippen LogP) is 1.87. The van der Waals surface area contributed by atoms with Crippen LogP contribution < -0.4 is 14.8 Å². The zero-order valence-electron chi connectivity index (χ0n) is 14.9. The summed E-state index contributed by atoms with van der Waals surface area (Å²) in [5, 5.41) is 2.04. The third-order valence-corrected chi connectivity index (χ3v) is 3.76. The van der Waals surface area contributed by atoms with Gasteiger partial charge >= 0.3 is 5.97 Å². The molecule has 0 unspecified atom stereocenters. The summed E-state index contributed by atoms with van der Waals surface area (Å²) in [6.45, 7) is 2.94. The van der Waals surface area contributed by atoms with Crippen LogP contribution in [0.2, 0.25) is 0 Å². The molecule has 142 valence electrons. The summed E-state index contributed by atoms with van der Waals surface area (Å²) in [6, 6.07) is 8.38. The summed E-state index contributed by atoms with van der Waals surface area (Å²) in [5.41, 5.74) is 0.669. The van der Waals surface area contributed by atoms with E-state index >= 15 is 0 Å². The number of carbonyl (C=O) groups is 3. The molecular weight excluding hydrogens is 354 g/mol. The second kappa shape index (κ2) is 7.53. The van der Waals surface area contributed by atoms with Crippen LogP contribution in [0.15, 0.2) is 41.0 Å². The van der Waals surface area contributed by atoms with E-state index in [2.05, 4.69) is 0 Å². The Morgan fingerprint density at radius 1 is 1.15 bits per heavy atom. The molecular formula is C19H19NO7. The molecule has 3 rings (SSSR count). The van der Waals surface area contributed by atoms with Gasteiger partial charge in [0.15, 0.2) is 30.5 Å². The second-order valence-electron chi connectivity index (χ2n) is 6.59. The molecule has 0 atom stereocenters. The fourth-order valence-electron chi connectivity index (χ4n) is 2.66. The lowest BCUT2D eigenvalue weighted by Crippen LogP contribution is -2.34. The molecule has 0 fully saturated rings. The molecule has 0 aliphatic carbocycles. The first-order chi connectivity index (χ1) is 12.8. The Hall–Kier alpha value is -3.29. The van der Waals surface area contributed by atoms with Crippen LogP contribution in [0.25, 0.3) is 0 Å². The SMILES string of the molecule is CC1(C)Cc2cccc(OCC(=O)OCC(=O)NC(=O)c3ccco3)c2O1. The maximum atomic E-state index is 11.8. The second-order valence-corrected chi connectivity index (χ2v) is 6.59. The first-order valence-corrected chi connectivity index (χ1v) is 8.31. The number of esters is 1. The van der Waals surface area contributed by atoms with Crippen LogP contribution in [0.4, 0.5) is 0 Å². The van der Waals surface area contributed by atoms with Gasteiger partial charge in [0.2, 0.25) is 0 Å². The highest BCUT2D eigenvalue weighted by molar-refractivity contribution is 6.03. The molecule has 0 radical (unpaired) electrons. The third-order valence-electron chi connectivity index (χ3n) is 3.76. The van der Waals surface area contributed by atoms with Crippen LogP contribution in [0.1, 0.15) is 30.0 Å². The molecule has 8 nitrogen and oxygen atoms in total. The van der Waals surface area contributed by atoms with Gasteiger partial charge in [-0.3, -0.25) is 14.9 Å². The molecule has 8 heteroatoms. The first-order valence-electron chi connectivity index (χ1n) is 8.31. The number of furan rings is 1. The monoisotopic (exact) mass is 373 g/mol. The minimum absolute atomic E-state index is 0.0149. The molecule has 1 aromatic heterocycles. The van der Waals surface area contributed by atoms with Crippen molar-refractivity contribution in [1.29, 1.82) is 0 Å². The van der Waals surface area contributed by atoms with Crippen molar-refractivity contribution in [1.82, 2.24) is 5.32 Å². The van der Waals surface area contributed by atoms with E-state index in [-0.39, 0.29) is 18.0 Å². The number of rotatable bonds is 6. The summed E-state index contributed by atoms with van der Waals surface area (Å²) in [4.78, 5) is 35.1. The van der Waals surface area contributed by atoms with Gasteiger partial charge in [0.1, 0.15) is 5.60 Å². The molecule has 0 saturated carbocycles. The average Bonchev–Trinajstić information content (AvgIpc) is 3.24. The van der Waals surface area contributed by atoms with E-state index in [1.165, 1.54) is 18.4 Å². The lowest BCUT2D eigenvalue weighted by atomic mass is 10.0. The van der Waals surface area contributed by atoms with Crippen molar-refractivity contribution in [2.45, 2.75) is 25.9 Å². The van der Waals surface area contributed by atoms with E-state index in [4.69, 9.17) is 18.6 Å². The Labute approximate surface area is 155 Å². The standard InChI is InChI=1S/C19H19NO7/c1-19(2)9-12-5-3-6-13(17(12)27-19)25-11-16(22)26-10-15(21)20-18(23)14-7-4-8-24-14/h3-8H,9-11H2,1-2H3,(H,20,21,23). The molecule has 0 spiro atoms. The van der Waals surface area contributed by atoms with Crippen molar-refractivity contribution in [3.05, 3.63) is 47.9 Å². The molecule has 2 amide bonds. The first kappa shape index (κ1) is 18.5. The zero-order valence-corrected chi connectivity index (χ0v) is 14.9. The number of benzene rings is 1. The number of fused-ring (bicyclic) bond motifs is 1. The minimum Gasteiger partial charge on any atom is -0.483 e. The van der Waals surface area contributed by atoms with Crippen molar-refractivity contribution in [3.63, 3.8) is 0 Å². The van der Waals surface area contributed by atoms with Gasteiger partial charge in [-0.05, 0) is 32.0 Å². The van der Waals surface area contributed by atoms with Crippen molar-refractivity contribution in [2.75, 3.05) is 13.2 Å². The number of hydrogen-bond donors (Lipinski definition) is 1. The van der Waals surface area contributed by atoms with Gasteiger partial charge in [-0.25, -0.2) is 4.79 Å². The predicted molar refractivity (Wildman–Crippen MR) is 92.5 cm³/mol.